The summed E-state index contributed by atoms with van der Waals surface area (Å²) in [6.07, 6.45) is 4.74. The van der Waals surface area contributed by atoms with Gasteiger partial charge >= 0.3 is 0 Å². The predicted octanol–water partition coefficient (Wildman–Crippen LogP) is 3.39. The van der Waals surface area contributed by atoms with Gasteiger partial charge in [-0.2, -0.15) is 0 Å². The minimum Gasteiger partial charge on any atom is -0.350 e. The first kappa shape index (κ1) is 22.6. The van der Waals surface area contributed by atoms with Gasteiger partial charge in [-0.25, -0.2) is 13.4 Å². The van der Waals surface area contributed by atoms with Crippen LogP contribution in [0, 0.1) is 6.92 Å². The number of carbonyl (C=O) groups excluding carboxylic acids is 1. The first-order valence-corrected chi connectivity index (χ1v) is 11.9. The van der Waals surface area contributed by atoms with E-state index in [1.807, 2.05) is 54.1 Å². The maximum atomic E-state index is 12.5. The number of nitrogens with one attached hydrogen (secondary N) is 1. The molecule has 1 amide bonds. The van der Waals surface area contributed by atoms with E-state index in [-0.39, 0.29) is 12.5 Å². The first-order valence-electron chi connectivity index (χ1n) is 10.1. The molecule has 2 aromatic carbocycles. The molecule has 0 saturated carbocycles. The zero-order valence-electron chi connectivity index (χ0n) is 18.2. The van der Waals surface area contributed by atoms with E-state index in [9.17, 15) is 13.2 Å². The van der Waals surface area contributed by atoms with Crippen LogP contribution in [0.2, 0.25) is 0 Å². The van der Waals surface area contributed by atoms with Crippen molar-refractivity contribution >= 4 is 21.6 Å². The summed E-state index contributed by atoms with van der Waals surface area (Å²) in [6, 6.07) is 15.0. The number of imidazole rings is 1. The molecule has 0 aliphatic carbocycles. The fourth-order valence-corrected chi connectivity index (χ4v) is 4.09. The van der Waals surface area contributed by atoms with Gasteiger partial charge in [0, 0.05) is 24.6 Å². The SMILES string of the molecule is Cc1nccn1-c1ccc(CNC(=O)CN(c2ccc(C(C)C)cc2)S(C)(=O)=O)cc1. The standard InChI is InChI=1S/C23H28N4O3S/c1-17(2)20-7-11-22(12-8-20)27(31(4,29)30)16-23(28)25-15-19-5-9-21(10-6-19)26-14-13-24-18(26)3/h5-14,17H,15-16H2,1-4H3,(H,25,28). The monoisotopic (exact) mass is 440 g/mol. The molecule has 1 N–H and O–H groups in total. The number of hydrogen-bond donors (Lipinski definition) is 1. The zero-order valence-corrected chi connectivity index (χ0v) is 19.1. The molecule has 164 valence electrons. The Morgan fingerprint density at radius 1 is 1.10 bits per heavy atom. The Balaban J connectivity index is 1.64. The van der Waals surface area contributed by atoms with E-state index in [2.05, 4.69) is 24.1 Å². The van der Waals surface area contributed by atoms with E-state index in [0.717, 1.165) is 33.2 Å². The van der Waals surface area contributed by atoms with E-state index < -0.39 is 10.0 Å². The van der Waals surface area contributed by atoms with Crippen LogP contribution in [-0.2, 0) is 21.4 Å². The molecule has 0 saturated heterocycles. The second kappa shape index (κ2) is 9.34. The predicted molar refractivity (Wildman–Crippen MR) is 123 cm³/mol. The van der Waals surface area contributed by atoms with E-state index in [4.69, 9.17) is 0 Å². The number of aromatic nitrogens is 2. The van der Waals surface area contributed by atoms with Gasteiger partial charge in [-0.3, -0.25) is 9.10 Å². The summed E-state index contributed by atoms with van der Waals surface area (Å²) in [5.41, 5.74) is 3.48. The maximum Gasteiger partial charge on any atom is 0.241 e. The van der Waals surface area contributed by atoms with E-state index in [0.29, 0.717) is 18.2 Å². The van der Waals surface area contributed by atoms with Crippen molar-refractivity contribution in [1.82, 2.24) is 14.9 Å². The van der Waals surface area contributed by atoms with Crippen molar-refractivity contribution in [2.24, 2.45) is 0 Å². The Kier molecular flexibility index (Phi) is 6.80. The maximum absolute atomic E-state index is 12.5. The zero-order chi connectivity index (χ0) is 22.6. The fourth-order valence-electron chi connectivity index (χ4n) is 3.24. The average molecular weight is 441 g/mol. The number of benzene rings is 2. The molecule has 0 aliphatic heterocycles. The number of nitrogens with zero attached hydrogens (tertiary/aromatic N) is 3. The van der Waals surface area contributed by atoms with Gasteiger partial charge in [-0.1, -0.05) is 38.1 Å². The topological polar surface area (TPSA) is 84.3 Å². The van der Waals surface area contributed by atoms with Crippen LogP contribution < -0.4 is 9.62 Å². The number of aryl methyl sites for hydroxylation is 1. The Hall–Kier alpha value is -3.13. The van der Waals surface area contributed by atoms with Gasteiger partial charge in [0.25, 0.3) is 0 Å². The molecular formula is C23H28N4O3S. The Morgan fingerprint density at radius 2 is 1.74 bits per heavy atom. The number of hydrogen-bond acceptors (Lipinski definition) is 4. The largest absolute Gasteiger partial charge is 0.350 e. The summed E-state index contributed by atoms with van der Waals surface area (Å²) < 4.78 is 27.6. The highest BCUT2D eigenvalue weighted by Crippen LogP contribution is 2.22. The van der Waals surface area contributed by atoms with Crippen molar-refractivity contribution in [3.63, 3.8) is 0 Å². The van der Waals surface area contributed by atoms with Gasteiger partial charge in [0.05, 0.1) is 11.9 Å². The summed E-state index contributed by atoms with van der Waals surface area (Å²) in [6.45, 7) is 6.11. The van der Waals surface area contributed by atoms with Gasteiger partial charge in [0.15, 0.2) is 0 Å². The summed E-state index contributed by atoms with van der Waals surface area (Å²) >= 11 is 0. The molecule has 0 atom stereocenters. The minimum absolute atomic E-state index is 0.272. The average Bonchev–Trinajstić information content (AvgIpc) is 3.16. The Bertz CT molecular complexity index is 1130. The van der Waals surface area contributed by atoms with Crippen molar-refractivity contribution in [2.45, 2.75) is 33.2 Å². The molecule has 0 unspecified atom stereocenters. The van der Waals surface area contributed by atoms with Crippen molar-refractivity contribution in [2.75, 3.05) is 17.1 Å². The summed E-state index contributed by atoms with van der Waals surface area (Å²) in [4.78, 5) is 16.7. The molecule has 0 fully saturated rings. The highest BCUT2D eigenvalue weighted by Gasteiger charge is 2.21. The summed E-state index contributed by atoms with van der Waals surface area (Å²) in [5, 5.41) is 2.80. The van der Waals surface area contributed by atoms with Crippen LogP contribution in [-0.4, -0.2) is 36.7 Å². The molecular weight excluding hydrogens is 412 g/mol. The summed E-state index contributed by atoms with van der Waals surface area (Å²) in [7, 11) is -3.60. The third-order valence-corrected chi connectivity index (χ3v) is 6.21. The minimum atomic E-state index is -3.60. The van der Waals surface area contributed by atoms with Crippen LogP contribution in [0.4, 0.5) is 5.69 Å². The lowest BCUT2D eigenvalue weighted by Crippen LogP contribution is -2.40. The Morgan fingerprint density at radius 3 is 2.26 bits per heavy atom. The molecule has 1 aromatic heterocycles. The van der Waals surface area contributed by atoms with Crippen LogP contribution in [0.15, 0.2) is 60.9 Å². The highest BCUT2D eigenvalue weighted by molar-refractivity contribution is 7.92. The van der Waals surface area contributed by atoms with Crippen LogP contribution >= 0.6 is 0 Å². The van der Waals surface area contributed by atoms with Crippen LogP contribution in [0.5, 0.6) is 0 Å². The van der Waals surface area contributed by atoms with Crippen molar-refractivity contribution in [3.05, 3.63) is 77.9 Å². The normalized spacial score (nSPS) is 11.5. The van der Waals surface area contributed by atoms with E-state index in [1.54, 1.807) is 18.3 Å². The lowest BCUT2D eigenvalue weighted by Gasteiger charge is -2.22. The Labute approximate surface area is 183 Å². The fraction of sp³-hybridized carbons (Fsp3) is 0.304. The lowest BCUT2D eigenvalue weighted by atomic mass is 10.0. The highest BCUT2D eigenvalue weighted by atomic mass is 32.2. The number of carbonyl (C=O) groups is 1. The van der Waals surface area contributed by atoms with E-state index in [1.165, 1.54) is 0 Å². The van der Waals surface area contributed by atoms with Gasteiger partial charge < -0.3 is 9.88 Å². The van der Waals surface area contributed by atoms with Crippen molar-refractivity contribution in [1.29, 1.82) is 0 Å². The van der Waals surface area contributed by atoms with Gasteiger partial charge in [0.1, 0.15) is 12.4 Å². The van der Waals surface area contributed by atoms with Crippen LogP contribution in [0.25, 0.3) is 5.69 Å². The molecule has 0 radical (unpaired) electrons. The van der Waals surface area contributed by atoms with Crippen molar-refractivity contribution in [3.8, 4) is 5.69 Å². The molecule has 0 spiro atoms. The third kappa shape index (κ3) is 5.73. The van der Waals surface area contributed by atoms with Gasteiger partial charge in [-0.15, -0.1) is 0 Å². The summed E-state index contributed by atoms with van der Waals surface area (Å²) in [5.74, 6) is 0.865. The smallest absolute Gasteiger partial charge is 0.241 e. The molecule has 0 bridgehead atoms. The van der Waals surface area contributed by atoms with Crippen LogP contribution in [0.1, 0.15) is 36.7 Å². The molecule has 8 heteroatoms. The van der Waals surface area contributed by atoms with Crippen molar-refractivity contribution < 1.29 is 13.2 Å². The second-order valence-electron chi connectivity index (χ2n) is 7.80. The lowest BCUT2D eigenvalue weighted by molar-refractivity contribution is -0.119. The number of sulfonamides is 1. The van der Waals surface area contributed by atoms with Gasteiger partial charge in [-0.05, 0) is 48.2 Å². The van der Waals surface area contributed by atoms with Crippen LogP contribution in [0.3, 0.4) is 0 Å². The first-order chi connectivity index (χ1) is 14.6. The second-order valence-corrected chi connectivity index (χ2v) is 9.71. The van der Waals surface area contributed by atoms with Gasteiger partial charge in [0.2, 0.25) is 15.9 Å². The molecule has 7 nitrogen and oxygen atoms in total. The molecule has 0 aliphatic rings. The molecule has 3 aromatic rings. The number of rotatable bonds is 8. The molecule has 1 heterocycles. The third-order valence-electron chi connectivity index (χ3n) is 5.07. The molecule has 3 rings (SSSR count). The number of amides is 1. The number of anilines is 1. The molecule has 31 heavy (non-hydrogen) atoms. The quantitative estimate of drug-likeness (QED) is 0.582. The van der Waals surface area contributed by atoms with E-state index >= 15 is 0 Å².